The number of ether oxygens (including phenoxy) is 1. The van der Waals surface area contributed by atoms with E-state index in [1.54, 1.807) is 0 Å². The highest BCUT2D eigenvalue weighted by Crippen LogP contribution is 2.29. The van der Waals surface area contributed by atoms with Crippen molar-refractivity contribution in [1.29, 1.82) is 5.26 Å². The van der Waals surface area contributed by atoms with Gasteiger partial charge in [-0.05, 0) is 6.07 Å². The zero-order chi connectivity index (χ0) is 12.3. The second kappa shape index (κ2) is 4.22. The van der Waals surface area contributed by atoms with Crippen LogP contribution >= 0.6 is 0 Å². The van der Waals surface area contributed by atoms with Gasteiger partial charge in [0.1, 0.15) is 18.4 Å². The molecule has 0 aliphatic heterocycles. The van der Waals surface area contributed by atoms with Crippen LogP contribution in [0.4, 0.5) is 23.2 Å². The van der Waals surface area contributed by atoms with Crippen molar-refractivity contribution in [3.8, 4) is 11.9 Å². The third kappa shape index (κ3) is 2.73. The molecule has 1 heterocycles. The van der Waals surface area contributed by atoms with Crippen molar-refractivity contribution in [2.24, 2.45) is 0 Å². The first-order valence-electron chi connectivity index (χ1n) is 3.88. The maximum atomic E-state index is 12.2. The lowest BCUT2D eigenvalue weighted by molar-refractivity contribution is -0.275. The zero-order valence-electron chi connectivity index (χ0n) is 7.68. The van der Waals surface area contributed by atoms with Crippen molar-refractivity contribution in [1.82, 2.24) is 4.98 Å². The van der Waals surface area contributed by atoms with Gasteiger partial charge in [0.2, 0.25) is 5.88 Å². The second-order valence-corrected chi connectivity index (χ2v) is 2.67. The molecule has 0 aromatic carbocycles. The van der Waals surface area contributed by atoms with E-state index in [9.17, 15) is 17.6 Å². The van der Waals surface area contributed by atoms with Gasteiger partial charge in [0.15, 0.2) is 0 Å². The van der Waals surface area contributed by atoms with E-state index in [4.69, 9.17) is 11.0 Å². The summed E-state index contributed by atoms with van der Waals surface area (Å²) in [6, 6.07) is 2.47. The predicted molar refractivity (Wildman–Crippen MR) is 44.9 cm³/mol. The molecule has 0 aliphatic rings. The van der Waals surface area contributed by atoms with E-state index in [1.807, 2.05) is 0 Å². The van der Waals surface area contributed by atoms with E-state index in [2.05, 4.69) is 9.72 Å². The Hall–Kier alpha value is -2.04. The minimum absolute atomic E-state index is 0.318. The number of pyridine rings is 1. The summed E-state index contributed by atoms with van der Waals surface area (Å²) < 4.78 is 51.4. The van der Waals surface area contributed by atoms with Crippen LogP contribution in [0.15, 0.2) is 6.07 Å². The lowest BCUT2D eigenvalue weighted by atomic mass is 10.2. The number of nitrogen functional groups attached to an aromatic ring is 1. The number of nitriles is 1. The number of anilines is 1. The quantitative estimate of drug-likeness (QED) is 0.794. The monoisotopic (exact) mass is 235 g/mol. The van der Waals surface area contributed by atoms with Crippen molar-refractivity contribution in [3.63, 3.8) is 0 Å². The molecule has 0 spiro atoms. The number of alkyl halides is 4. The van der Waals surface area contributed by atoms with Gasteiger partial charge in [-0.25, -0.2) is 9.37 Å². The molecule has 1 aromatic rings. The Morgan fingerprint density at radius 1 is 1.50 bits per heavy atom. The van der Waals surface area contributed by atoms with Gasteiger partial charge in [-0.15, -0.1) is 13.2 Å². The summed E-state index contributed by atoms with van der Waals surface area (Å²) in [5, 5.41) is 8.54. The molecule has 0 atom stereocenters. The smallest absolute Gasteiger partial charge is 0.393 e. The van der Waals surface area contributed by atoms with Gasteiger partial charge >= 0.3 is 6.36 Å². The first kappa shape index (κ1) is 12.0. The number of nitrogens with two attached hydrogens (primary N) is 1. The zero-order valence-corrected chi connectivity index (χ0v) is 7.68. The molecule has 0 saturated carbocycles. The standard InChI is InChI=1S/C8H5F4N3O/c9-2-5-1-4(3-13)6(14)7(15-5)16-8(10,11)12/h1H,2,14H2. The Labute approximate surface area is 87.3 Å². The average Bonchev–Trinajstić information content (AvgIpc) is 2.19. The summed E-state index contributed by atoms with van der Waals surface area (Å²) in [4.78, 5) is 3.19. The van der Waals surface area contributed by atoms with Gasteiger partial charge in [-0.1, -0.05) is 0 Å². The molecule has 8 heteroatoms. The average molecular weight is 235 g/mol. The maximum Gasteiger partial charge on any atom is 0.574 e. The van der Waals surface area contributed by atoms with Gasteiger partial charge in [0, 0.05) is 0 Å². The largest absolute Gasteiger partial charge is 0.574 e. The van der Waals surface area contributed by atoms with E-state index in [0.717, 1.165) is 6.07 Å². The predicted octanol–water partition coefficient (Wildman–Crippen LogP) is 1.90. The normalized spacial score (nSPS) is 10.9. The summed E-state index contributed by atoms with van der Waals surface area (Å²) in [5.41, 5.74) is 3.95. The molecule has 0 fully saturated rings. The fraction of sp³-hybridized carbons (Fsp3) is 0.250. The fourth-order valence-electron chi connectivity index (χ4n) is 0.931. The molecule has 1 rings (SSSR count). The van der Waals surface area contributed by atoms with Crippen LogP contribution in [0.3, 0.4) is 0 Å². The van der Waals surface area contributed by atoms with Crippen LogP contribution in [-0.2, 0) is 6.67 Å². The molecule has 0 aliphatic carbocycles. The number of rotatable bonds is 2. The molecular weight excluding hydrogens is 230 g/mol. The van der Waals surface area contributed by atoms with Gasteiger partial charge in [0.05, 0.1) is 11.3 Å². The maximum absolute atomic E-state index is 12.2. The van der Waals surface area contributed by atoms with E-state index in [1.165, 1.54) is 6.07 Å². The van der Waals surface area contributed by atoms with Crippen LogP contribution in [0, 0.1) is 11.3 Å². The summed E-state index contributed by atoms with van der Waals surface area (Å²) >= 11 is 0. The number of hydrogen-bond donors (Lipinski definition) is 1. The number of hydrogen-bond acceptors (Lipinski definition) is 4. The van der Waals surface area contributed by atoms with E-state index in [-0.39, 0.29) is 11.3 Å². The molecule has 2 N–H and O–H groups in total. The SMILES string of the molecule is N#Cc1cc(CF)nc(OC(F)(F)F)c1N. The van der Waals surface area contributed by atoms with Crippen molar-refractivity contribution in [2.75, 3.05) is 5.73 Å². The molecule has 0 radical (unpaired) electrons. The first-order valence-corrected chi connectivity index (χ1v) is 3.88. The summed E-state index contributed by atoms with van der Waals surface area (Å²) in [6.07, 6.45) is -5.00. The molecule has 0 unspecified atom stereocenters. The third-order valence-electron chi connectivity index (χ3n) is 1.55. The molecule has 86 valence electrons. The number of aromatic nitrogens is 1. The molecule has 0 amide bonds. The molecule has 16 heavy (non-hydrogen) atoms. The fourth-order valence-corrected chi connectivity index (χ4v) is 0.931. The summed E-state index contributed by atoms with van der Waals surface area (Å²) in [6.45, 7) is -1.12. The van der Waals surface area contributed by atoms with Gasteiger partial charge < -0.3 is 10.5 Å². The van der Waals surface area contributed by atoms with Crippen molar-refractivity contribution in [3.05, 3.63) is 17.3 Å². The van der Waals surface area contributed by atoms with E-state index in [0.29, 0.717) is 0 Å². The Bertz CT molecular complexity index is 438. The minimum Gasteiger partial charge on any atom is -0.393 e. The Kier molecular flexibility index (Phi) is 3.17. The molecular formula is C8H5F4N3O. The lowest BCUT2D eigenvalue weighted by Gasteiger charge is -2.11. The van der Waals surface area contributed by atoms with Gasteiger partial charge in [-0.2, -0.15) is 5.26 Å². The molecule has 0 saturated heterocycles. The topological polar surface area (TPSA) is 71.9 Å². The van der Waals surface area contributed by atoms with Crippen molar-refractivity contribution in [2.45, 2.75) is 13.0 Å². The highest BCUT2D eigenvalue weighted by molar-refractivity contribution is 5.60. The first-order chi connectivity index (χ1) is 7.37. The van der Waals surface area contributed by atoms with Crippen LogP contribution in [0.2, 0.25) is 0 Å². The Balaban J connectivity index is 3.23. The van der Waals surface area contributed by atoms with Gasteiger partial charge in [-0.3, -0.25) is 0 Å². The lowest BCUT2D eigenvalue weighted by Crippen LogP contribution is -2.19. The Morgan fingerprint density at radius 2 is 2.12 bits per heavy atom. The van der Waals surface area contributed by atoms with Crippen LogP contribution in [0.5, 0.6) is 5.88 Å². The molecule has 1 aromatic heterocycles. The summed E-state index contributed by atoms with van der Waals surface area (Å²) in [5.74, 6) is -1.01. The van der Waals surface area contributed by atoms with Crippen LogP contribution in [-0.4, -0.2) is 11.3 Å². The molecule has 0 bridgehead atoms. The summed E-state index contributed by atoms with van der Waals surface area (Å²) in [7, 11) is 0. The van der Waals surface area contributed by atoms with Crippen LogP contribution < -0.4 is 10.5 Å². The van der Waals surface area contributed by atoms with Crippen LogP contribution in [0.1, 0.15) is 11.3 Å². The van der Waals surface area contributed by atoms with E-state index < -0.39 is 24.6 Å². The number of nitrogens with zero attached hydrogens (tertiary/aromatic N) is 2. The van der Waals surface area contributed by atoms with Crippen molar-refractivity contribution >= 4 is 5.69 Å². The molecule has 4 nitrogen and oxygen atoms in total. The third-order valence-corrected chi connectivity index (χ3v) is 1.55. The van der Waals surface area contributed by atoms with Crippen molar-refractivity contribution < 1.29 is 22.3 Å². The number of halogens is 4. The van der Waals surface area contributed by atoms with E-state index >= 15 is 0 Å². The highest BCUT2D eigenvalue weighted by Gasteiger charge is 2.33. The highest BCUT2D eigenvalue weighted by atomic mass is 19.4. The van der Waals surface area contributed by atoms with Gasteiger partial charge in [0.25, 0.3) is 0 Å². The Morgan fingerprint density at radius 3 is 2.56 bits per heavy atom. The van der Waals surface area contributed by atoms with Crippen LogP contribution in [0.25, 0.3) is 0 Å². The second-order valence-electron chi connectivity index (χ2n) is 2.67. The minimum atomic E-state index is -5.00.